The Morgan fingerprint density at radius 2 is 2.07 bits per heavy atom. The van der Waals surface area contributed by atoms with Crippen LogP contribution in [-0.2, 0) is 5.41 Å². The first-order chi connectivity index (χ1) is 7.15. The number of allylic oxidation sites excluding steroid dienone is 3. The van der Waals surface area contributed by atoms with Gasteiger partial charge in [-0.2, -0.15) is 5.26 Å². The second kappa shape index (κ2) is 3.67. The fraction of sp³-hybridized carbons (Fsp3) is 0.154. The molecule has 0 N–H and O–H groups in total. The summed E-state index contributed by atoms with van der Waals surface area (Å²) >= 11 is 3.45. The first-order valence-electron chi connectivity index (χ1n) is 4.73. The zero-order valence-electron chi connectivity index (χ0n) is 8.37. The van der Waals surface area contributed by atoms with Gasteiger partial charge in [0.15, 0.2) is 0 Å². The van der Waals surface area contributed by atoms with Crippen LogP contribution in [0.5, 0.6) is 0 Å². The molecule has 0 bridgehead atoms. The largest absolute Gasteiger partial charge is 0.197 e. The molecule has 15 heavy (non-hydrogen) atoms. The van der Waals surface area contributed by atoms with E-state index in [0.717, 1.165) is 15.6 Å². The molecule has 0 amide bonds. The molecule has 0 heterocycles. The Labute approximate surface area is 97.9 Å². The highest BCUT2D eigenvalue weighted by atomic mass is 79.9. The van der Waals surface area contributed by atoms with Crippen LogP contribution in [0.3, 0.4) is 0 Å². The number of rotatable bonds is 0. The van der Waals surface area contributed by atoms with E-state index >= 15 is 0 Å². The minimum absolute atomic E-state index is 0.539. The van der Waals surface area contributed by atoms with Crippen molar-refractivity contribution < 1.29 is 0 Å². The Morgan fingerprint density at radius 3 is 2.80 bits per heavy atom. The third-order valence-electron chi connectivity index (χ3n) is 2.62. The molecule has 0 saturated heterocycles. The SMILES string of the molecule is CC1(C#N)C=CC(Br)=Cc2ccccc21. The van der Waals surface area contributed by atoms with Crippen LogP contribution in [0.4, 0.5) is 0 Å². The standard InChI is InChI=1S/C13H10BrN/c1-13(9-15)7-6-11(14)8-10-4-2-3-5-12(10)13/h2-8H,1H3. The van der Waals surface area contributed by atoms with Crippen molar-refractivity contribution in [3.63, 3.8) is 0 Å². The van der Waals surface area contributed by atoms with Crippen molar-refractivity contribution in [2.24, 2.45) is 0 Å². The number of hydrogen-bond acceptors (Lipinski definition) is 1. The number of halogens is 1. The Hall–Kier alpha value is -1.33. The lowest BCUT2D eigenvalue weighted by molar-refractivity contribution is 0.774. The van der Waals surface area contributed by atoms with Gasteiger partial charge in [0.05, 0.1) is 11.5 Å². The Balaban J connectivity index is 2.72. The summed E-state index contributed by atoms with van der Waals surface area (Å²) in [5.74, 6) is 0. The van der Waals surface area contributed by atoms with Gasteiger partial charge >= 0.3 is 0 Å². The van der Waals surface area contributed by atoms with Crippen molar-refractivity contribution in [1.82, 2.24) is 0 Å². The number of benzene rings is 1. The summed E-state index contributed by atoms with van der Waals surface area (Å²) in [6.45, 7) is 1.93. The normalized spacial score (nSPS) is 23.7. The lowest BCUT2D eigenvalue weighted by atomic mass is 9.82. The Kier molecular flexibility index (Phi) is 2.50. The highest BCUT2D eigenvalue weighted by molar-refractivity contribution is 9.12. The van der Waals surface area contributed by atoms with Crippen molar-refractivity contribution in [1.29, 1.82) is 5.26 Å². The van der Waals surface area contributed by atoms with Gasteiger partial charge in [-0.1, -0.05) is 52.3 Å². The number of hydrogen-bond donors (Lipinski definition) is 0. The summed E-state index contributed by atoms with van der Waals surface area (Å²) in [6.07, 6.45) is 5.90. The number of fused-ring (bicyclic) bond motifs is 1. The van der Waals surface area contributed by atoms with E-state index in [-0.39, 0.29) is 0 Å². The van der Waals surface area contributed by atoms with Crippen LogP contribution >= 0.6 is 15.9 Å². The summed E-state index contributed by atoms with van der Waals surface area (Å²) in [5, 5.41) is 9.27. The van der Waals surface area contributed by atoms with Crippen molar-refractivity contribution in [2.45, 2.75) is 12.3 Å². The summed E-state index contributed by atoms with van der Waals surface area (Å²) in [5.41, 5.74) is 1.61. The molecule has 2 rings (SSSR count). The third-order valence-corrected chi connectivity index (χ3v) is 3.12. The zero-order valence-corrected chi connectivity index (χ0v) is 9.95. The minimum Gasteiger partial charge on any atom is -0.197 e. The highest BCUT2D eigenvalue weighted by Crippen LogP contribution is 2.33. The molecule has 0 saturated carbocycles. The Bertz CT molecular complexity index is 494. The second-order valence-electron chi connectivity index (χ2n) is 3.76. The topological polar surface area (TPSA) is 23.8 Å². The molecule has 1 aromatic rings. The Morgan fingerprint density at radius 1 is 1.33 bits per heavy atom. The molecular weight excluding hydrogens is 250 g/mol. The van der Waals surface area contributed by atoms with Crippen molar-refractivity contribution >= 4 is 22.0 Å². The molecule has 2 heteroatoms. The van der Waals surface area contributed by atoms with Crippen molar-refractivity contribution in [2.75, 3.05) is 0 Å². The number of nitriles is 1. The molecule has 1 aliphatic rings. The minimum atomic E-state index is -0.539. The molecule has 0 radical (unpaired) electrons. The van der Waals surface area contributed by atoms with E-state index in [9.17, 15) is 5.26 Å². The molecule has 0 fully saturated rings. The quantitative estimate of drug-likeness (QED) is 0.696. The van der Waals surface area contributed by atoms with Crippen LogP contribution in [0, 0.1) is 11.3 Å². The van der Waals surface area contributed by atoms with E-state index in [4.69, 9.17) is 0 Å². The average molecular weight is 260 g/mol. The van der Waals surface area contributed by atoms with E-state index in [1.807, 2.05) is 49.4 Å². The smallest absolute Gasteiger partial charge is 0.0983 e. The molecule has 1 nitrogen and oxygen atoms in total. The van der Waals surface area contributed by atoms with Crippen LogP contribution < -0.4 is 0 Å². The third kappa shape index (κ3) is 1.75. The summed E-state index contributed by atoms with van der Waals surface area (Å²) in [7, 11) is 0. The van der Waals surface area contributed by atoms with Gasteiger partial charge in [-0.25, -0.2) is 0 Å². The van der Waals surface area contributed by atoms with Gasteiger partial charge in [0.2, 0.25) is 0 Å². The predicted molar refractivity (Wildman–Crippen MR) is 65.5 cm³/mol. The second-order valence-corrected chi connectivity index (χ2v) is 4.68. The van der Waals surface area contributed by atoms with Gasteiger partial charge in [-0.3, -0.25) is 0 Å². The van der Waals surface area contributed by atoms with Gasteiger partial charge in [0.25, 0.3) is 0 Å². The summed E-state index contributed by atoms with van der Waals surface area (Å²) in [4.78, 5) is 0. The van der Waals surface area contributed by atoms with E-state index < -0.39 is 5.41 Å². The van der Waals surface area contributed by atoms with Gasteiger partial charge in [0, 0.05) is 4.48 Å². The van der Waals surface area contributed by atoms with Crippen molar-refractivity contribution in [3.8, 4) is 6.07 Å². The van der Waals surface area contributed by atoms with Crippen LogP contribution in [0.1, 0.15) is 18.1 Å². The van der Waals surface area contributed by atoms with Crippen LogP contribution in [0.2, 0.25) is 0 Å². The molecule has 0 aliphatic heterocycles. The number of nitrogens with zero attached hydrogens (tertiary/aromatic N) is 1. The molecule has 1 atom stereocenters. The molecule has 0 aromatic heterocycles. The molecule has 1 aromatic carbocycles. The van der Waals surface area contributed by atoms with E-state index in [1.165, 1.54) is 0 Å². The maximum Gasteiger partial charge on any atom is 0.0983 e. The van der Waals surface area contributed by atoms with Gasteiger partial charge in [-0.05, 0) is 24.1 Å². The maximum atomic E-state index is 9.27. The summed E-state index contributed by atoms with van der Waals surface area (Å²) in [6, 6.07) is 10.3. The zero-order chi connectivity index (χ0) is 10.9. The lowest BCUT2D eigenvalue weighted by Crippen LogP contribution is -2.16. The van der Waals surface area contributed by atoms with E-state index in [1.54, 1.807) is 0 Å². The van der Waals surface area contributed by atoms with Crippen LogP contribution in [0.15, 0.2) is 40.9 Å². The van der Waals surface area contributed by atoms with Crippen LogP contribution in [0.25, 0.3) is 6.08 Å². The summed E-state index contributed by atoms with van der Waals surface area (Å²) < 4.78 is 0.994. The predicted octanol–water partition coefficient (Wildman–Crippen LogP) is 3.77. The monoisotopic (exact) mass is 259 g/mol. The lowest BCUT2D eigenvalue weighted by Gasteiger charge is -2.18. The molecule has 1 unspecified atom stereocenters. The highest BCUT2D eigenvalue weighted by Gasteiger charge is 2.26. The van der Waals surface area contributed by atoms with Crippen LogP contribution in [-0.4, -0.2) is 0 Å². The molecule has 0 spiro atoms. The van der Waals surface area contributed by atoms with Gasteiger partial charge in [0.1, 0.15) is 0 Å². The maximum absolute atomic E-state index is 9.27. The van der Waals surface area contributed by atoms with Gasteiger partial charge in [-0.15, -0.1) is 0 Å². The molecule has 74 valence electrons. The van der Waals surface area contributed by atoms with Gasteiger partial charge < -0.3 is 0 Å². The van der Waals surface area contributed by atoms with Crippen molar-refractivity contribution in [3.05, 3.63) is 52.0 Å². The molecule has 1 aliphatic carbocycles. The first kappa shape index (κ1) is 10.2. The van der Waals surface area contributed by atoms with E-state index in [0.29, 0.717) is 0 Å². The fourth-order valence-electron chi connectivity index (χ4n) is 1.73. The van der Waals surface area contributed by atoms with E-state index in [2.05, 4.69) is 22.0 Å². The first-order valence-corrected chi connectivity index (χ1v) is 5.52. The fourth-order valence-corrected chi connectivity index (χ4v) is 2.10. The average Bonchev–Trinajstić information content (AvgIpc) is 2.38. The molecular formula is C13H10BrN.